The van der Waals surface area contributed by atoms with Crippen molar-refractivity contribution in [1.29, 1.82) is 0 Å². The van der Waals surface area contributed by atoms with E-state index in [1.807, 2.05) is 0 Å². The number of amides is 2. The van der Waals surface area contributed by atoms with Gasteiger partial charge >= 0.3 is 0 Å². The number of piperazine rings is 1. The third-order valence-corrected chi connectivity index (χ3v) is 7.19. The van der Waals surface area contributed by atoms with Crippen LogP contribution >= 0.6 is 11.6 Å². The number of halogens is 3. The number of nitrogens with zero attached hydrogens (tertiary/aromatic N) is 2. The van der Waals surface area contributed by atoms with Crippen LogP contribution in [0.25, 0.3) is 0 Å². The second-order valence-corrected chi connectivity index (χ2v) is 9.47. The summed E-state index contributed by atoms with van der Waals surface area (Å²) in [7, 11) is 0. The molecule has 4 aliphatic rings. The van der Waals surface area contributed by atoms with E-state index in [2.05, 4.69) is 5.32 Å². The monoisotopic (exact) mass is 419 g/mol. The quantitative estimate of drug-likeness (QED) is 0.677. The third kappa shape index (κ3) is 3.52. The molecule has 4 rings (SSSR count). The highest BCUT2D eigenvalue weighted by Gasteiger charge is 2.61. The van der Waals surface area contributed by atoms with Gasteiger partial charge in [0, 0.05) is 31.3 Å². The molecule has 2 saturated heterocycles. The number of piperidine rings is 1. The van der Waals surface area contributed by atoms with Crippen molar-refractivity contribution in [3.8, 4) is 0 Å². The Labute approximate surface area is 168 Å². The second kappa shape index (κ2) is 7.69. The zero-order chi connectivity index (χ0) is 20.1. The topological polar surface area (TPSA) is 72.9 Å². The fourth-order valence-corrected chi connectivity index (χ4v) is 5.50. The molecule has 158 valence electrons. The van der Waals surface area contributed by atoms with E-state index < -0.39 is 30.2 Å². The minimum absolute atomic E-state index is 0.128. The van der Waals surface area contributed by atoms with Crippen molar-refractivity contribution >= 4 is 23.4 Å². The van der Waals surface area contributed by atoms with Crippen LogP contribution in [0, 0.1) is 5.92 Å². The van der Waals surface area contributed by atoms with E-state index in [1.165, 1.54) is 4.90 Å². The molecule has 2 N–H and O–H groups in total. The Hall–Kier alpha value is -0.990. The van der Waals surface area contributed by atoms with E-state index in [9.17, 15) is 23.5 Å². The summed E-state index contributed by atoms with van der Waals surface area (Å²) in [5.41, 5.74) is -1.10. The van der Waals surface area contributed by atoms with Gasteiger partial charge < -0.3 is 14.9 Å². The molecule has 9 heteroatoms. The molecule has 3 atom stereocenters. The number of hydrogen-bond acceptors (Lipinski definition) is 4. The Balaban J connectivity index is 1.52. The molecule has 2 saturated carbocycles. The summed E-state index contributed by atoms with van der Waals surface area (Å²) >= 11 is 6.00. The Morgan fingerprint density at radius 3 is 2.46 bits per heavy atom. The molecule has 2 amide bonds. The summed E-state index contributed by atoms with van der Waals surface area (Å²) < 4.78 is 28.0. The van der Waals surface area contributed by atoms with E-state index in [4.69, 9.17) is 11.6 Å². The minimum Gasteiger partial charge on any atom is -0.393 e. The highest BCUT2D eigenvalue weighted by Crippen LogP contribution is 2.44. The average Bonchev–Trinajstić information content (AvgIpc) is 2.62. The molecule has 4 fully saturated rings. The van der Waals surface area contributed by atoms with Gasteiger partial charge in [0.2, 0.25) is 5.91 Å². The van der Waals surface area contributed by atoms with Crippen molar-refractivity contribution in [3.05, 3.63) is 0 Å². The van der Waals surface area contributed by atoms with Crippen LogP contribution in [0.1, 0.15) is 44.9 Å². The number of rotatable bonds is 3. The molecule has 1 spiro atoms. The fraction of sp³-hybridized carbons (Fsp3) is 0.895. The Morgan fingerprint density at radius 1 is 1.18 bits per heavy atom. The minimum atomic E-state index is -1.35. The third-order valence-electron chi connectivity index (χ3n) is 6.85. The number of nitrogens with one attached hydrogen (secondary N) is 1. The van der Waals surface area contributed by atoms with Crippen molar-refractivity contribution in [2.24, 2.45) is 5.92 Å². The standard InChI is InChI=1S/C19H28ClF2N3O3/c20-12-5-15(22)17(23-8-12)24-10-16(27)25(9-11-1-3-13(21)4-2-11)19(18(24)28)6-14(26)7-19/h11-15,17,23,26H,1-10H2. The number of alkyl halides is 3. The van der Waals surface area contributed by atoms with Crippen LogP contribution in [0.3, 0.4) is 0 Å². The first kappa shape index (κ1) is 20.3. The molecule has 0 aromatic rings. The molecule has 2 aliphatic heterocycles. The predicted octanol–water partition coefficient (Wildman–Crippen LogP) is 1.34. The lowest BCUT2D eigenvalue weighted by atomic mass is 9.69. The van der Waals surface area contributed by atoms with E-state index in [0.29, 0.717) is 38.8 Å². The van der Waals surface area contributed by atoms with Gasteiger partial charge in [0.05, 0.1) is 6.10 Å². The first-order chi connectivity index (χ1) is 13.3. The van der Waals surface area contributed by atoms with Crippen LogP contribution in [0.5, 0.6) is 0 Å². The fourth-order valence-electron chi connectivity index (χ4n) is 5.24. The van der Waals surface area contributed by atoms with Crippen molar-refractivity contribution < 1.29 is 23.5 Å². The lowest BCUT2D eigenvalue weighted by molar-refractivity contribution is -0.187. The van der Waals surface area contributed by atoms with Crippen molar-refractivity contribution in [3.63, 3.8) is 0 Å². The number of aliphatic hydroxyl groups is 1. The van der Waals surface area contributed by atoms with E-state index in [1.54, 1.807) is 4.90 Å². The van der Waals surface area contributed by atoms with Gasteiger partial charge in [0.1, 0.15) is 30.6 Å². The molecule has 2 heterocycles. The molecule has 0 bridgehead atoms. The van der Waals surface area contributed by atoms with Gasteiger partial charge in [-0.15, -0.1) is 11.6 Å². The van der Waals surface area contributed by atoms with Crippen LogP contribution in [-0.2, 0) is 9.59 Å². The number of aliphatic hydroxyl groups excluding tert-OH is 1. The van der Waals surface area contributed by atoms with Crippen molar-refractivity contribution in [2.75, 3.05) is 19.6 Å². The maximum absolute atomic E-state index is 14.6. The molecule has 6 nitrogen and oxygen atoms in total. The van der Waals surface area contributed by atoms with E-state index in [-0.39, 0.29) is 48.9 Å². The molecule has 2 aliphatic carbocycles. The Bertz CT molecular complexity index is 626. The van der Waals surface area contributed by atoms with E-state index in [0.717, 1.165) is 0 Å². The zero-order valence-corrected chi connectivity index (χ0v) is 16.6. The van der Waals surface area contributed by atoms with Gasteiger partial charge in [-0.3, -0.25) is 14.9 Å². The van der Waals surface area contributed by atoms with Crippen LogP contribution in [0.4, 0.5) is 8.78 Å². The summed E-state index contributed by atoms with van der Waals surface area (Å²) in [5, 5.41) is 12.6. The Morgan fingerprint density at radius 2 is 1.86 bits per heavy atom. The largest absolute Gasteiger partial charge is 0.393 e. The molecule has 0 radical (unpaired) electrons. The van der Waals surface area contributed by atoms with Gasteiger partial charge in [-0.1, -0.05) is 0 Å². The maximum Gasteiger partial charge on any atom is 0.250 e. The van der Waals surface area contributed by atoms with Crippen molar-refractivity contribution in [2.45, 2.75) is 80.5 Å². The molecule has 3 unspecified atom stereocenters. The smallest absolute Gasteiger partial charge is 0.250 e. The molecule has 28 heavy (non-hydrogen) atoms. The van der Waals surface area contributed by atoms with Gasteiger partial charge in [-0.2, -0.15) is 0 Å². The van der Waals surface area contributed by atoms with Crippen molar-refractivity contribution in [1.82, 2.24) is 15.1 Å². The van der Waals surface area contributed by atoms with E-state index >= 15 is 0 Å². The summed E-state index contributed by atoms with van der Waals surface area (Å²) in [6.07, 6.45) is -0.819. The number of carbonyl (C=O) groups excluding carboxylic acids is 2. The highest BCUT2D eigenvalue weighted by atomic mass is 35.5. The highest BCUT2D eigenvalue weighted by molar-refractivity contribution is 6.20. The van der Waals surface area contributed by atoms with Crippen LogP contribution < -0.4 is 5.32 Å². The maximum atomic E-state index is 14.6. The molecule has 0 aromatic carbocycles. The lowest BCUT2D eigenvalue weighted by Gasteiger charge is -2.58. The SMILES string of the molecule is O=C1CN(C2NCC(Cl)CC2F)C(=O)C2(CC(O)C2)N1CC1CCC(F)CC1. The zero-order valence-electron chi connectivity index (χ0n) is 15.8. The number of hydrogen-bond donors (Lipinski definition) is 2. The second-order valence-electron chi connectivity index (χ2n) is 8.85. The first-order valence-corrected chi connectivity index (χ1v) is 10.7. The summed E-state index contributed by atoms with van der Waals surface area (Å²) in [4.78, 5) is 29.3. The van der Waals surface area contributed by atoms with Crippen LogP contribution in [-0.4, -0.2) is 81.9 Å². The van der Waals surface area contributed by atoms with Crippen LogP contribution in [0.2, 0.25) is 0 Å². The summed E-state index contributed by atoms with van der Waals surface area (Å²) in [5.74, 6) is -0.371. The molecule has 0 aromatic heterocycles. The van der Waals surface area contributed by atoms with Crippen LogP contribution in [0.15, 0.2) is 0 Å². The van der Waals surface area contributed by atoms with Gasteiger partial charge in [-0.25, -0.2) is 8.78 Å². The summed E-state index contributed by atoms with van der Waals surface area (Å²) in [6.45, 7) is 0.593. The van der Waals surface area contributed by atoms with Gasteiger partial charge in [0.15, 0.2) is 0 Å². The average molecular weight is 420 g/mol. The van der Waals surface area contributed by atoms with Gasteiger partial charge in [0.25, 0.3) is 5.91 Å². The molecular weight excluding hydrogens is 392 g/mol. The Kier molecular flexibility index (Phi) is 5.57. The lowest BCUT2D eigenvalue weighted by Crippen LogP contribution is -2.77. The predicted molar refractivity (Wildman–Crippen MR) is 99.2 cm³/mol. The first-order valence-electron chi connectivity index (χ1n) is 10.3. The summed E-state index contributed by atoms with van der Waals surface area (Å²) in [6, 6.07) is 0. The number of carbonyl (C=O) groups is 2. The van der Waals surface area contributed by atoms with Gasteiger partial charge in [-0.05, 0) is 38.0 Å². The molecular formula is C19H28ClF2N3O3. The normalized spacial score (nSPS) is 44.7.